The van der Waals surface area contributed by atoms with Crippen molar-refractivity contribution in [3.05, 3.63) is 0 Å². The minimum atomic E-state index is -0.299. The Labute approximate surface area is 242 Å². The van der Waals surface area contributed by atoms with E-state index in [2.05, 4.69) is 5.32 Å². The molecule has 0 aromatic heterocycles. The molecule has 1 N–H and O–H groups in total. The van der Waals surface area contributed by atoms with Crippen LogP contribution in [-0.4, -0.2) is 148 Å². The number of imide groups is 1. The van der Waals surface area contributed by atoms with Gasteiger partial charge in [0.2, 0.25) is 17.7 Å². The normalized spacial score (nSPS) is 15.1. The molecule has 1 aliphatic heterocycles. The Morgan fingerprint density at radius 2 is 1.10 bits per heavy atom. The van der Waals surface area contributed by atoms with E-state index in [1.807, 2.05) is 0 Å². The van der Waals surface area contributed by atoms with Crippen molar-refractivity contribution >= 4 is 24.0 Å². The highest BCUT2D eigenvalue weighted by molar-refractivity contribution is 6.03. The van der Waals surface area contributed by atoms with Crippen molar-refractivity contribution in [3.8, 4) is 0 Å². The molecule has 0 bridgehead atoms. The van der Waals surface area contributed by atoms with Crippen LogP contribution in [0.3, 0.4) is 0 Å². The quantitative estimate of drug-likeness (QED) is 0.0655. The minimum Gasteiger partial charge on any atom is -0.379 e. The first-order valence-corrected chi connectivity index (χ1v) is 14.2. The van der Waals surface area contributed by atoms with E-state index >= 15 is 0 Å². The third-order valence-corrected chi connectivity index (χ3v) is 5.58. The van der Waals surface area contributed by atoms with Crippen LogP contribution in [0.1, 0.15) is 26.2 Å². The van der Waals surface area contributed by atoms with E-state index in [1.165, 1.54) is 0 Å². The summed E-state index contributed by atoms with van der Waals surface area (Å²) in [6.07, 6.45) is 1.53. The van der Waals surface area contributed by atoms with Gasteiger partial charge in [-0.25, -0.2) is 0 Å². The van der Waals surface area contributed by atoms with Crippen LogP contribution in [0.4, 0.5) is 0 Å². The average molecular weight is 593 g/mol. The SMILES string of the molecule is CC1CC(=O)N(CCC(=O)NCCOCCOCCOCCOCCOCCOCCOCCOCCC=O)C1=O. The summed E-state index contributed by atoms with van der Waals surface area (Å²) < 4.78 is 43.0. The maximum atomic E-state index is 11.9. The summed E-state index contributed by atoms with van der Waals surface area (Å²) in [4.78, 5) is 46.7. The molecular weight excluding hydrogens is 544 g/mol. The average Bonchev–Trinajstić information content (AvgIpc) is 3.21. The first kappa shape index (κ1) is 37.0. The van der Waals surface area contributed by atoms with Crippen LogP contribution in [0.25, 0.3) is 0 Å². The molecule has 1 unspecified atom stereocenters. The van der Waals surface area contributed by atoms with Crippen molar-refractivity contribution < 1.29 is 57.1 Å². The number of hydrogen-bond acceptors (Lipinski definition) is 12. The van der Waals surface area contributed by atoms with E-state index in [0.29, 0.717) is 119 Å². The van der Waals surface area contributed by atoms with Crippen molar-refractivity contribution in [3.63, 3.8) is 0 Å². The molecule has 14 nitrogen and oxygen atoms in total. The largest absolute Gasteiger partial charge is 0.379 e. The summed E-state index contributed by atoms with van der Waals surface area (Å²) in [5.41, 5.74) is 0. The summed E-state index contributed by atoms with van der Waals surface area (Å²) in [7, 11) is 0. The van der Waals surface area contributed by atoms with Gasteiger partial charge in [0.1, 0.15) is 6.29 Å². The molecule has 0 aliphatic carbocycles. The van der Waals surface area contributed by atoms with Gasteiger partial charge in [-0.1, -0.05) is 6.92 Å². The summed E-state index contributed by atoms with van der Waals surface area (Å²) >= 11 is 0. The highest BCUT2D eigenvalue weighted by atomic mass is 16.6. The molecule has 1 aliphatic rings. The predicted octanol–water partition coefficient (Wildman–Crippen LogP) is -0.390. The van der Waals surface area contributed by atoms with Crippen molar-refractivity contribution in [2.45, 2.75) is 26.2 Å². The van der Waals surface area contributed by atoms with Crippen molar-refractivity contribution in [2.24, 2.45) is 5.92 Å². The molecule has 1 saturated heterocycles. The number of ether oxygens (including phenoxy) is 8. The van der Waals surface area contributed by atoms with E-state index in [1.54, 1.807) is 6.92 Å². The fourth-order valence-corrected chi connectivity index (χ4v) is 3.42. The minimum absolute atomic E-state index is 0.0863. The van der Waals surface area contributed by atoms with Gasteiger partial charge in [0.25, 0.3) is 0 Å². The molecule has 0 spiro atoms. The molecule has 238 valence electrons. The van der Waals surface area contributed by atoms with Gasteiger partial charge in [-0.05, 0) is 0 Å². The van der Waals surface area contributed by atoms with Gasteiger partial charge in [-0.2, -0.15) is 0 Å². The highest BCUT2D eigenvalue weighted by Crippen LogP contribution is 2.18. The fraction of sp³-hybridized carbons (Fsp3) is 0.852. The Hall–Kier alpha value is -2.04. The Balaban J connectivity index is 1.70. The second kappa shape index (κ2) is 26.8. The first-order valence-electron chi connectivity index (χ1n) is 14.2. The second-order valence-electron chi connectivity index (χ2n) is 8.94. The number of aldehydes is 1. The molecule has 1 fully saturated rings. The molecule has 0 aromatic rings. The highest BCUT2D eigenvalue weighted by Gasteiger charge is 2.35. The summed E-state index contributed by atoms with van der Waals surface area (Å²) in [6, 6.07) is 0. The van der Waals surface area contributed by atoms with E-state index in [9.17, 15) is 19.2 Å². The van der Waals surface area contributed by atoms with Gasteiger partial charge in [0.15, 0.2) is 0 Å². The lowest BCUT2D eigenvalue weighted by Gasteiger charge is -2.14. The number of nitrogens with one attached hydrogen (secondary N) is 1. The molecule has 3 amide bonds. The zero-order chi connectivity index (χ0) is 29.8. The Morgan fingerprint density at radius 3 is 1.46 bits per heavy atom. The van der Waals surface area contributed by atoms with E-state index in [-0.39, 0.29) is 43.0 Å². The number of nitrogens with zero attached hydrogens (tertiary/aromatic N) is 1. The molecular formula is C27H48N2O12. The van der Waals surface area contributed by atoms with Crippen LogP contribution in [0.5, 0.6) is 0 Å². The predicted molar refractivity (Wildman–Crippen MR) is 145 cm³/mol. The number of hydrogen-bond donors (Lipinski definition) is 1. The molecule has 0 aromatic carbocycles. The smallest absolute Gasteiger partial charge is 0.232 e. The van der Waals surface area contributed by atoms with Gasteiger partial charge >= 0.3 is 0 Å². The van der Waals surface area contributed by atoms with Crippen LogP contribution in [0.15, 0.2) is 0 Å². The van der Waals surface area contributed by atoms with E-state index in [4.69, 9.17) is 37.9 Å². The topological polar surface area (TPSA) is 157 Å². The van der Waals surface area contributed by atoms with Crippen molar-refractivity contribution in [1.29, 1.82) is 0 Å². The standard InChI is InChI=1S/C27H48N2O12/c1-24-23-26(32)29(27(24)33)5-3-25(31)28-4-8-35-10-12-37-14-16-39-18-20-41-22-21-40-19-17-38-15-13-36-11-9-34-7-2-6-30/h6,24H,2-5,7-23H2,1H3,(H,28,31). The lowest BCUT2D eigenvalue weighted by molar-refractivity contribution is -0.139. The zero-order valence-electron chi connectivity index (χ0n) is 24.4. The van der Waals surface area contributed by atoms with Crippen molar-refractivity contribution in [2.75, 3.05) is 119 Å². The summed E-state index contributed by atoms with van der Waals surface area (Å²) in [6.45, 7) is 9.39. The molecule has 1 atom stereocenters. The molecule has 0 saturated carbocycles. The van der Waals surface area contributed by atoms with Crippen molar-refractivity contribution in [1.82, 2.24) is 10.2 Å². The Kier molecular flexibility index (Phi) is 24.2. The van der Waals surface area contributed by atoms with Crippen LogP contribution in [-0.2, 0) is 57.1 Å². The van der Waals surface area contributed by atoms with Crippen LogP contribution < -0.4 is 5.32 Å². The number of rotatable bonds is 30. The van der Waals surface area contributed by atoms with Gasteiger partial charge in [0.05, 0.1) is 106 Å². The van der Waals surface area contributed by atoms with Gasteiger partial charge < -0.3 is 48.0 Å². The number of likely N-dealkylation sites (tertiary alicyclic amines) is 1. The maximum absolute atomic E-state index is 11.9. The number of carbonyl (C=O) groups excluding carboxylic acids is 4. The molecule has 41 heavy (non-hydrogen) atoms. The number of carbonyl (C=O) groups is 4. The molecule has 14 heteroatoms. The van der Waals surface area contributed by atoms with Gasteiger partial charge in [-0.3, -0.25) is 19.3 Å². The van der Waals surface area contributed by atoms with Gasteiger partial charge in [-0.15, -0.1) is 0 Å². The monoisotopic (exact) mass is 592 g/mol. The Morgan fingerprint density at radius 1 is 0.707 bits per heavy atom. The van der Waals surface area contributed by atoms with Gasteiger partial charge in [0, 0.05) is 38.3 Å². The number of amides is 3. The third-order valence-electron chi connectivity index (χ3n) is 5.58. The lowest BCUT2D eigenvalue weighted by atomic mass is 10.1. The maximum Gasteiger partial charge on any atom is 0.232 e. The van der Waals surface area contributed by atoms with E-state index < -0.39 is 0 Å². The van der Waals surface area contributed by atoms with Crippen LogP contribution >= 0.6 is 0 Å². The summed E-state index contributed by atoms with van der Waals surface area (Å²) in [5, 5.41) is 2.70. The second-order valence-corrected chi connectivity index (χ2v) is 8.94. The first-order chi connectivity index (χ1) is 20.1. The summed E-state index contributed by atoms with van der Waals surface area (Å²) in [5.74, 6) is -0.957. The Bertz CT molecular complexity index is 697. The van der Waals surface area contributed by atoms with E-state index in [0.717, 1.165) is 11.2 Å². The zero-order valence-corrected chi connectivity index (χ0v) is 24.4. The lowest BCUT2D eigenvalue weighted by Crippen LogP contribution is -2.35. The van der Waals surface area contributed by atoms with Crippen LogP contribution in [0, 0.1) is 5.92 Å². The fourth-order valence-electron chi connectivity index (χ4n) is 3.42. The molecule has 1 rings (SSSR count). The molecule has 1 heterocycles. The molecule has 0 radical (unpaired) electrons. The third kappa shape index (κ3) is 21.3. The van der Waals surface area contributed by atoms with Crippen LogP contribution in [0.2, 0.25) is 0 Å².